The lowest BCUT2D eigenvalue weighted by atomic mass is 10.1. The SMILES string of the molecule is COc1cccc(OCC(=O)NCC2=CCNCC2)c1.Cl. The molecule has 0 saturated heterocycles. The summed E-state index contributed by atoms with van der Waals surface area (Å²) < 4.78 is 10.5. The first-order chi connectivity index (χ1) is 9.78. The van der Waals surface area contributed by atoms with Crippen LogP contribution in [0.5, 0.6) is 11.5 Å². The molecule has 0 saturated carbocycles. The Kier molecular flexibility index (Phi) is 7.64. The van der Waals surface area contributed by atoms with E-state index in [1.807, 2.05) is 12.1 Å². The minimum Gasteiger partial charge on any atom is -0.497 e. The standard InChI is InChI=1S/C15H20N2O3.ClH/c1-19-13-3-2-4-14(9-13)20-11-15(18)17-10-12-5-7-16-8-6-12;/h2-5,9,16H,6-8,10-11H2,1H3,(H,17,18);1H. The zero-order valence-corrected chi connectivity index (χ0v) is 12.9. The van der Waals surface area contributed by atoms with Gasteiger partial charge in [0.2, 0.25) is 0 Å². The van der Waals surface area contributed by atoms with E-state index in [1.165, 1.54) is 5.57 Å². The molecule has 21 heavy (non-hydrogen) atoms. The second kappa shape index (κ2) is 9.26. The van der Waals surface area contributed by atoms with E-state index in [9.17, 15) is 4.79 Å². The molecule has 0 radical (unpaired) electrons. The highest BCUT2D eigenvalue weighted by molar-refractivity contribution is 5.85. The summed E-state index contributed by atoms with van der Waals surface area (Å²) in [6.07, 6.45) is 3.10. The molecule has 116 valence electrons. The van der Waals surface area contributed by atoms with Gasteiger partial charge in [0.15, 0.2) is 6.61 Å². The average Bonchev–Trinajstić information content (AvgIpc) is 2.52. The minimum absolute atomic E-state index is 0. The second-order valence-corrected chi connectivity index (χ2v) is 4.56. The fourth-order valence-electron chi connectivity index (χ4n) is 1.93. The monoisotopic (exact) mass is 312 g/mol. The molecule has 1 aliphatic heterocycles. The van der Waals surface area contributed by atoms with Crippen molar-refractivity contribution in [2.24, 2.45) is 0 Å². The van der Waals surface area contributed by atoms with Crippen LogP contribution in [0.3, 0.4) is 0 Å². The molecule has 6 heteroatoms. The molecule has 2 rings (SSSR count). The number of amides is 1. The molecular formula is C15H21ClN2O3. The summed E-state index contributed by atoms with van der Waals surface area (Å²) in [6, 6.07) is 7.20. The number of ether oxygens (including phenoxy) is 2. The Morgan fingerprint density at radius 1 is 1.38 bits per heavy atom. The second-order valence-electron chi connectivity index (χ2n) is 4.56. The summed E-state index contributed by atoms with van der Waals surface area (Å²) in [4.78, 5) is 11.7. The molecular weight excluding hydrogens is 292 g/mol. The molecule has 0 aromatic heterocycles. The maximum Gasteiger partial charge on any atom is 0.258 e. The van der Waals surface area contributed by atoms with E-state index in [-0.39, 0.29) is 24.9 Å². The molecule has 1 aromatic rings. The van der Waals surface area contributed by atoms with Gasteiger partial charge in [0.25, 0.3) is 5.91 Å². The van der Waals surface area contributed by atoms with Crippen molar-refractivity contribution >= 4 is 18.3 Å². The molecule has 2 N–H and O–H groups in total. The molecule has 1 heterocycles. The van der Waals surface area contributed by atoms with E-state index in [4.69, 9.17) is 9.47 Å². The largest absolute Gasteiger partial charge is 0.497 e. The van der Waals surface area contributed by atoms with Gasteiger partial charge >= 0.3 is 0 Å². The van der Waals surface area contributed by atoms with Gasteiger partial charge in [-0.25, -0.2) is 0 Å². The van der Waals surface area contributed by atoms with Crippen molar-refractivity contribution in [2.75, 3.05) is 33.4 Å². The molecule has 1 amide bonds. The summed E-state index contributed by atoms with van der Waals surface area (Å²) in [6.45, 7) is 2.47. The van der Waals surface area contributed by atoms with Gasteiger partial charge in [-0.05, 0) is 25.1 Å². The van der Waals surface area contributed by atoms with Crippen molar-refractivity contribution in [3.8, 4) is 11.5 Å². The normalized spacial score (nSPS) is 13.7. The van der Waals surface area contributed by atoms with Gasteiger partial charge in [-0.15, -0.1) is 12.4 Å². The maximum atomic E-state index is 11.7. The molecule has 0 atom stereocenters. The van der Waals surface area contributed by atoms with Crippen LogP contribution in [0.4, 0.5) is 0 Å². The number of rotatable bonds is 6. The summed E-state index contributed by atoms with van der Waals surface area (Å²) >= 11 is 0. The topological polar surface area (TPSA) is 59.6 Å². The molecule has 0 aliphatic carbocycles. The van der Waals surface area contributed by atoms with Crippen LogP contribution in [0.2, 0.25) is 0 Å². The van der Waals surface area contributed by atoms with Crippen molar-refractivity contribution in [2.45, 2.75) is 6.42 Å². The Hall–Kier alpha value is -1.72. The number of carbonyl (C=O) groups is 1. The summed E-state index contributed by atoms with van der Waals surface area (Å²) in [5.41, 5.74) is 1.26. The van der Waals surface area contributed by atoms with Crippen LogP contribution in [0.25, 0.3) is 0 Å². The smallest absolute Gasteiger partial charge is 0.258 e. The van der Waals surface area contributed by atoms with Gasteiger partial charge in [0.05, 0.1) is 7.11 Å². The van der Waals surface area contributed by atoms with Crippen LogP contribution >= 0.6 is 12.4 Å². The van der Waals surface area contributed by atoms with Crippen LogP contribution in [0, 0.1) is 0 Å². The van der Waals surface area contributed by atoms with E-state index in [0.29, 0.717) is 18.0 Å². The number of nitrogens with one attached hydrogen (secondary N) is 2. The van der Waals surface area contributed by atoms with Crippen molar-refractivity contribution in [1.82, 2.24) is 10.6 Å². The zero-order chi connectivity index (χ0) is 14.2. The van der Waals surface area contributed by atoms with Gasteiger partial charge < -0.3 is 20.1 Å². The summed E-state index contributed by atoms with van der Waals surface area (Å²) in [5.74, 6) is 1.22. The summed E-state index contributed by atoms with van der Waals surface area (Å²) in [7, 11) is 1.60. The first kappa shape index (κ1) is 17.3. The first-order valence-electron chi connectivity index (χ1n) is 6.70. The van der Waals surface area contributed by atoms with E-state index < -0.39 is 0 Å². The van der Waals surface area contributed by atoms with Gasteiger partial charge in [-0.3, -0.25) is 4.79 Å². The van der Waals surface area contributed by atoms with Crippen LogP contribution in [-0.2, 0) is 4.79 Å². The Morgan fingerprint density at radius 2 is 2.19 bits per heavy atom. The highest BCUT2D eigenvalue weighted by Crippen LogP contribution is 2.18. The zero-order valence-electron chi connectivity index (χ0n) is 12.1. The number of hydrogen-bond acceptors (Lipinski definition) is 4. The van der Waals surface area contributed by atoms with Gasteiger partial charge in [-0.1, -0.05) is 17.7 Å². The Morgan fingerprint density at radius 3 is 2.90 bits per heavy atom. The molecule has 0 bridgehead atoms. The van der Waals surface area contributed by atoms with Crippen molar-refractivity contribution in [3.63, 3.8) is 0 Å². The van der Waals surface area contributed by atoms with Crippen molar-refractivity contribution < 1.29 is 14.3 Å². The lowest BCUT2D eigenvalue weighted by Crippen LogP contribution is -2.32. The number of halogens is 1. The summed E-state index contributed by atoms with van der Waals surface area (Å²) in [5, 5.41) is 6.09. The predicted molar refractivity (Wildman–Crippen MR) is 84.3 cm³/mol. The van der Waals surface area contributed by atoms with Crippen molar-refractivity contribution in [3.05, 3.63) is 35.9 Å². The quantitative estimate of drug-likeness (QED) is 0.782. The number of hydrogen-bond donors (Lipinski definition) is 2. The van der Waals surface area contributed by atoms with Crippen LogP contribution in [0.15, 0.2) is 35.9 Å². The third-order valence-corrected chi connectivity index (χ3v) is 3.08. The highest BCUT2D eigenvalue weighted by atomic mass is 35.5. The fraction of sp³-hybridized carbons (Fsp3) is 0.400. The fourth-order valence-corrected chi connectivity index (χ4v) is 1.93. The van der Waals surface area contributed by atoms with Gasteiger partial charge in [0, 0.05) is 19.2 Å². The third-order valence-electron chi connectivity index (χ3n) is 3.08. The van der Waals surface area contributed by atoms with E-state index in [1.54, 1.807) is 19.2 Å². The Balaban J connectivity index is 0.00000220. The minimum atomic E-state index is -0.118. The highest BCUT2D eigenvalue weighted by Gasteiger charge is 2.06. The lowest BCUT2D eigenvalue weighted by Gasteiger charge is -2.14. The van der Waals surface area contributed by atoms with Crippen LogP contribution in [0.1, 0.15) is 6.42 Å². The van der Waals surface area contributed by atoms with Crippen LogP contribution in [-0.4, -0.2) is 39.3 Å². The van der Waals surface area contributed by atoms with Crippen molar-refractivity contribution in [1.29, 1.82) is 0 Å². The van der Waals surface area contributed by atoms with E-state index in [2.05, 4.69) is 16.7 Å². The third kappa shape index (κ3) is 6.06. The molecule has 5 nitrogen and oxygen atoms in total. The van der Waals surface area contributed by atoms with Crippen LogP contribution < -0.4 is 20.1 Å². The number of benzene rings is 1. The number of methoxy groups -OCH3 is 1. The lowest BCUT2D eigenvalue weighted by molar-refractivity contribution is -0.122. The van der Waals surface area contributed by atoms with Gasteiger partial charge in [0.1, 0.15) is 11.5 Å². The Labute approximate surface area is 131 Å². The molecule has 1 aromatic carbocycles. The predicted octanol–water partition coefficient (Wildman–Crippen LogP) is 1.53. The molecule has 0 spiro atoms. The van der Waals surface area contributed by atoms with Gasteiger partial charge in [-0.2, -0.15) is 0 Å². The first-order valence-corrected chi connectivity index (χ1v) is 6.70. The number of carbonyl (C=O) groups excluding carboxylic acids is 1. The van der Waals surface area contributed by atoms with E-state index >= 15 is 0 Å². The molecule has 0 fully saturated rings. The average molecular weight is 313 g/mol. The Bertz CT molecular complexity index is 492. The maximum absolute atomic E-state index is 11.7. The van der Waals surface area contributed by atoms with E-state index in [0.717, 1.165) is 19.5 Å². The molecule has 1 aliphatic rings. The molecule has 0 unspecified atom stereocenters.